The third-order valence-corrected chi connectivity index (χ3v) is 4.96. The predicted octanol–water partition coefficient (Wildman–Crippen LogP) is 3.20. The van der Waals surface area contributed by atoms with Crippen molar-refractivity contribution in [2.75, 3.05) is 11.9 Å². The Morgan fingerprint density at radius 2 is 1.84 bits per heavy atom. The topological polar surface area (TPSA) is 97.4 Å². The molecule has 0 amide bonds. The molecule has 0 spiro atoms. The van der Waals surface area contributed by atoms with Gasteiger partial charge in [-0.25, -0.2) is 4.79 Å². The highest BCUT2D eigenvalue weighted by atomic mass is 16.6. The summed E-state index contributed by atoms with van der Waals surface area (Å²) in [6, 6.07) is 5.35. The number of carbonyl (C=O) groups is 1. The number of guanidine groups is 1. The smallest absolute Gasteiger partial charge is 0.338 e. The Morgan fingerprint density at radius 3 is 2.60 bits per heavy atom. The molecule has 6 heteroatoms. The van der Waals surface area contributed by atoms with E-state index in [-0.39, 0.29) is 24.1 Å². The summed E-state index contributed by atoms with van der Waals surface area (Å²) in [4.78, 5) is 12.7. The molecule has 1 heterocycles. The maximum absolute atomic E-state index is 12.7. The van der Waals surface area contributed by atoms with Gasteiger partial charge < -0.3 is 20.5 Å². The Morgan fingerprint density at radius 1 is 1.12 bits per heavy atom. The van der Waals surface area contributed by atoms with Gasteiger partial charge in [0.2, 0.25) is 0 Å². The van der Waals surface area contributed by atoms with Crippen LogP contribution in [-0.4, -0.2) is 30.7 Å². The predicted molar refractivity (Wildman–Crippen MR) is 96.9 cm³/mol. The summed E-state index contributed by atoms with van der Waals surface area (Å²) in [6.45, 7) is 0.564. The second kappa shape index (κ2) is 8.34. The van der Waals surface area contributed by atoms with Crippen LogP contribution in [0.1, 0.15) is 60.9 Å². The molecule has 0 saturated heterocycles. The molecule has 4 N–H and O–H groups in total. The monoisotopic (exact) mass is 345 g/mol. The van der Waals surface area contributed by atoms with Crippen molar-refractivity contribution in [3.05, 3.63) is 29.3 Å². The highest BCUT2D eigenvalue weighted by Gasteiger charge is 2.29. The minimum Gasteiger partial charge on any atom is -0.456 e. The summed E-state index contributed by atoms with van der Waals surface area (Å²) in [5.74, 6) is -0.402. The molecule has 1 aromatic carbocycles. The van der Waals surface area contributed by atoms with E-state index in [0.717, 1.165) is 31.2 Å². The molecule has 136 valence electrons. The number of benzene rings is 1. The summed E-state index contributed by atoms with van der Waals surface area (Å²) in [5.41, 5.74) is 7.53. The van der Waals surface area contributed by atoms with Crippen LogP contribution in [0.15, 0.2) is 18.2 Å². The first-order valence-corrected chi connectivity index (χ1v) is 9.20. The van der Waals surface area contributed by atoms with Crippen molar-refractivity contribution in [2.45, 2.75) is 63.6 Å². The maximum Gasteiger partial charge on any atom is 0.338 e. The van der Waals surface area contributed by atoms with Crippen molar-refractivity contribution in [3.8, 4) is 0 Å². The van der Waals surface area contributed by atoms with Crippen LogP contribution >= 0.6 is 0 Å². The molecule has 6 nitrogen and oxygen atoms in total. The van der Waals surface area contributed by atoms with Crippen molar-refractivity contribution < 1.29 is 14.3 Å². The second-order valence-electron chi connectivity index (χ2n) is 6.86. The number of hydrogen-bond donors (Lipinski definition) is 3. The lowest BCUT2D eigenvalue weighted by molar-refractivity contribution is -0.0565. The van der Waals surface area contributed by atoms with E-state index >= 15 is 0 Å². The van der Waals surface area contributed by atoms with E-state index in [9.17, 15) is 4.79 Å². The molecule has 3 rings (SSSR count). The molecule has 1 fully saturated rings. The van der Waals surface area contributed by atoms with Crippen LogP contribution in [0, 0.1) is 5.41 Å². The normalized spacial score (nSPS) is 24.7. The summed E-state index contributed by atoms with van der Waals surface area (Å²) in [5, 5.41) is 10.1. The van der Waals surface area contributed by atoms with Crippen molar-refractivity contribution >= 4 is 17.6 Å². The molecule has 1 aliphatic heterocycles. The van der Waals surface area contributed by atoms with Crippen LogP contribution in [0.25, 0.3) is 0 Å². The van der Waals surface area contributed by atoms with Crippen molar-refractivity contribution in [2.24, 2.45) is 5.73 Å². The van der Waals surface area contributed by atoms with Gasteiger partial charge in [0.1, 0.15) is 6.10 Å². The van der Waals surface area contributed by atoms with Gasteiger partial charge in [-0.2, -0.15) is 0 Å². The highest BCUT2D eigenvalue weighted by Crippen LogP contribution is 2.26. The molecule has 25 heavy (non-hydrogen) atoms. The molecule has 2 atom stereocenters. The number of rotatable bonds is 1. The number of nitrogens with two attached hydrogens (primary N) is 1. The summed E-state index contributed by atoms with van der Waals surface area (Å²) in [7, 11) is 0. The molecule has 2 aliphatic rings. The van der Waals surface area contributed by atoms with Crippen molar-refractivity contribution in [3.63, 3.8) is 0 Å². The van der Waals surface area contributed by atoms with E-state index in [1.807, 2.05) is 6.07 Å². The molecule has 1 aromatic rings. The third-order valence-electron chi connectivity index (χ3n) is 4.96. The molecule has 1 saturated carbocycles. The van der Waals surface area contributed by atoms with E-state index in [1.54, 1.807) is 12.1 Å². The zero-order chi connectivity index (χ0) is 17.6. The lowest BCUT2D eigenvalue weighted by Gasteiger charge is -2.26. The second-order valence-corrected chi connectivity index (χ2v) is 6.86. The van der Waals surface area contributed by atoms with Crippen molar-refractivity contribution in [1.82, 2.24) is 0 Å². The maximum atomic E-state index is 12.7. The quantitative estimate of drug-likeness (QED) is 0.412. The summed E-state index contributed by atoms with van der Waals surface area (Å²) >= 11 is 0. The number of hydrogen-bond acceptors (Lipinski definition) is 4. The van der Waals surface area contributed by atoms with Crippen LogP contribution < -0.4 is 11.1 Å². The lowest BCUT2D eigenvalue weighted by atomic mass is 10.0. The van der Waals surface area contributed by atoms with Gasteiger partial charge in [-0.3, -0.25) is 5.41 Å². The molecule has 0 bridgehead atoms. The summed E-state index contributed by atoms with van der Waals surface area (Å²) < 4.78 is 12.0. The zero-order valence-corrected chi connectivity index (χ0v) is 14.6. The van der Waals surface area contributed by atoms with Crippen LogP contribution in [-0.2, 0) is 15.9 Å². The average Bonchev–Trinajstić information content (AvgIpc) is 2.70. The van der Waals surface area contributed by atoms with Crippen LogP contribution in [0.4, 0.5) is 5.69 Å². The molecular weight excluding hydrogens is 318 g/mol. The number of ether oxygens (including phenoxy) is 2. The van der Waals surface area contributed by atoms with E-state index in [2.05, 4.69) is 5.32 Å². The minimum atomic E-state index is -0.274. The van der Waals surface area contributed by atoms with Gasteiger partial charge in [-0.1, -0.05) is 25.7 Å². The largest absolute Gasteiger partial charge is 0.456 e. The highest BCUT2D eigenvalue weighted by molar-refractivity contribution is 5.94. The first kappa shape index (κ1) is 17.7. The molecular formula is C19H27N3O3. The van der Waals surface area contributed by atoms with E-state index < -0.39 is 0 Å². The average molecular weight is 345 g/mol. The van der Waals surface area contributed by atoms with Crippen LogP contribution in [0.3, 0.4) is 0 Å². The lowest BCUT2D eigenvalue weighted by Crippen LogP contribution is -2.33. The van der Waals surface area contributed by atoms with E-state index in [1.165, 1.54) is 19.3 Å². The number of fused-ring (bicyclic) bond motifs is 2. The van der Waals surface area contributed by atoms with E-state index in [0.29, 0.717) is 24.3 Å². The fourth-order valence-corrected chi connectivity index (χ4v) is 3.67. The fourth-order valence-electron chi connectivity index (χ4n) is 3.67. The number of anilines is 1. The number of esters is 1. The Kier molecular flexibility index (Phi) is 5.91. The number of nitrogens with one attached hydrogen (secondary N) is 2. The fraction of sp³-hybridized carbons (Fsp3) is 0.579. The molecule has 0 aromatic heterocycles. The minimum absolute atomic E-state index is 0.00817. The van der Waals surface area contributed by atoms with Crippen molar-refractivity contribution in [1.29, 1.82) is 5.41 Å². The first-order valence-electron chi connectivity index (χ1n) is 9.20. The Balaban J connectivity index is 1.82. The molecule has 1 aliphatic carbocycles. The Bertz CT molecular complexity index is 632. The molecule has 2 unspecified atom stereocenters. The van der Waals surface area contributed by atoms with Gasteiger partial charge in [0, 0.05) is 5.69 Å². The Hall–Kier alpha value is -2.08. The van der Waals surface area contributed by atoms with Gasteiger partial charge in [0.15, 0.2) is 5.96 Å². The van der Waals surface area contributed by atoms with Gasteiger partial charge in [0.25, 0.3) is 0 Å². The van der Waals surface area contributed by atoms with Crippen LogP contribution in [0.2, 0.25) is 0 Å². The first-order chi connectivity index (χ1) is 12.1. The third kappa shape index (κ3) is 4.72. The zero-order valence-electron chi connectivity index (χ0n) is 14.6. The standard InChI is InChI=1S/C19H27N3O3/c20-19(21)22-14-8-9-15-13(12-14)10-11-24-16-6-4-2-1-3-5-7-17(16)25-18(15)23/h8-9,12,16-17H,1-7,10-11H2,(H4,20,21,22). The summed E-state index contributed by atoms with van der Waals surface area (Å²) in [6.07, 6.45) is 8.16. The van der Waals surface area contributed by atoms with Gasteiger partial charge >= 0.3 is 5.97 Å². The van der Waals surface area contributed by atoms with E-state index in [4.69, 9.17) is 20.6 Å². The van der Waals surface area contributed by atoms with Gasteiger partial charge in [-0.15, -0.1) is 0 Å². The van der Waals surface area contributed by atoms with Gasteiger partial charge in [-0.05, 0) is 49.4 Å². The van der Waals surface area contributed by atoms with Gasteiger partial charge in [0.05, 0.1) is 18.3 Å². The number of carbonyl (C=O) groups excluding carboxylic acids is 1. The Labute approximate surface area is 148 Å². The SMILES string of the molecule is N=C(N)Nc1ccc2c(c1)CCOC1CCCCCCCC1OC2=O. The van der Waals surface area contributed by atoms with Crippen LogP contribution in [0.5, 0.6) is 0 Å². The molecule has 0 radical (unpaired) electrons.